The van der Waals surface area contributed by atoms with E-state index in [1.165, 1.54) is 0 Å². The number of benzene rings is 2. The summed E-state index contributed by atoms with van der Waals surface area (Å²) >= 11 is 6.16. The molecule has 31 heavy (non-hydrogen) atoms. The molecule has 0 saturated heterocycles. The van der Waals surface area contributed by atoms with E-state index in [0.717, 1.165) is 18.7 Å². The number of anilines is 1. The summed E-state index contributed by atoms with van der Waals surface area (Å²) in [4.78, 5) is 27.5. The SMILES string of the molecule is CN(C)CCn1ccc(NC(=O)C[C@@H](NC(=O)c2ccccc2Cl)c2ccccc2)n1. The molecule has 0 unspecified atom stereocenters. The molecule has 0 aliphatic rings. The second-order valence-electron chi connectivity index (χ2n) is 7.44. The summed E-state index contributed by atoms with van der Waals surface area (Å²) in [5.74, 6) is -0.0978. The second-order valence-corrected chi connectivity index (χ2v) is 7.84. The summed E-state index contributed by atoms with van der Waals surface area (Å²) in [5, 5.41) is 10.5. The lowest BCUT2D eigenvalue weighted by molar-refractivity contribution is -0.116. The summed E-state index contributed by atoms with van der Waals surface area (Å²) < 4.78 is 1.78. The summed E-state index contributed by atoms with van der Waals surface area (Å²) in [6, 6.07) is 17.4. The number of halogens is 1. The first-order chi connectivity index (χ1) is 14.9. The number of nitrogens with one attached hydrogen (secondary N) is 2. The minimum absolute atomic E-state index is 0.0603. The molecular formula is C23H26ClN5O2. The summed E-state index contributed by atoms with van der Waals surface area (Å²) in [6.45, 7) is 1.57. The normalized spacial score (nSPS) is 11.9. The Morgan fingerprint density at radius 2 is 1.77 bits per heavy atom. The molecule has 0 bridgehead atoms. The maximum Gasteiger partial charge on any atom is 0.253 e. The van der Waals surface area contributed by atoms with E-state index in [1.54, 1.807) is 35.0 Å². The van der Waals surface area contributed by atoms with Gasteiger partial charge in [-0.1, -0.05) is 54.1 Å². The van der Waals surface area contributed by atoms with Crippen LogP contribution in [0.15, 0.2) is 66.9 Å². The number of hydrogen-bond acceptors (Lipinski definition) is 4. The van der Waals surface area contributed by atoms with Gasteiger partial charge in [0, 0.05) is 18.8 Å². The van der Waals surface area contributed by atoms with Crippen LogP contribution in [0.5, 0.6) is 0 Å². The fourth-order valence-electron chi connectivity index (χ4n) is 3.05. The molecule has 0 radical (unpaired) electrons. The minimum atomic E-state index is -0.513. The number of carbonyl (C=O) groups excluding carboxylic acids is 2. The molecule has 0 spiro atoms. The molecule has 2 amide bonds. The highest BCUT2D eigenvalue weighted by Crippen LogP contribution is 2.21. The van der Waals surface area contributed by atoms with E-state index in [1.807, 2.05) is 50.6 Å². The highest BCUT2D eigenvalue weighted by molar-refractivity contribution is 6.33. The molecule has 0 fully saturated rings. The van der Waals surface area contributed by atoms with Gasteiger partial charge in [-0.15, -0.1) is 0 Å². The van der Waals surface area contributed by atoms with E-state index in [-0.39, 0.29) is 18.2 Å². The van der Waals surface area contributed by atoms with Gasteiger partial charge in [-0.25, -0.2) is 0 Å². The second kappa shape index (κ2) is 10.7. The van der Waals surface area contributed by atoms with E-state index >= 15 is 0 Å². The number of aromatic nitrogens is 2. The van der Waals surface area contributed by atoms with Crippen LogP contribution in [0.4, 0.5) is 5.82 Å². The average molecular weight is 440 g/mol. The zero-order chi connectivity index (χ0) is 22.2. The number of hydrogen-bond donors (Lipinski definition) is 2. The van der Waals surface area contributed by atoms with Crippen molar-refractivity contribution in [2.45, 2.75) is 19.0 Å². The fraction of sp³-hybridized carbons (Fsp3) is 0.261. The lowest BCUT2D eigenvalue weighted by atomic mass is 10.0. The van der Waals surface area contributed by atoms with E-state index in [4.69, 9.17) is 11.6 Å². The summed E-state index contributed by atoms with van der Waals surface area (Å²) in [7, 11) is 3.99. The molecule has 2 N–H and O–H groups in total. The van der Waals surface area contributed by atoms with Crippen molar-refractivity contribution in [2.24, 2.45) is 0 Å². The van der Waals surface area contributed by atoms with Crippen molar-refractivity contribution in [1.82, 2.24) is 20.0 Å². The minimum Gasteiger partial charge on any atom is -0.345 e. The van der Waals surface area contributed by atoms with Gasteiger partial charge >= 0.3 is 0 Å². The van der Waals surface area contributed by atoms with Gasteiger partial charge in [-0.05, 0) is 31.8 Å². The molecule has 1 aromatic heterocycles. The van der Waals surface area contributed by atoms with Gasteiger partial charge in [0.25, 0.3) is 5.91 Å². The molecule has 1 heterocycles. The molecule has 162 valence electrons. The third kappa shape index (κ3) is 6.67. The average Bonchev–Trinajstić information content (AvgIpc) is 3.19. The lowest BCUT2D eigenvalue weighted by Crippen LogP contribution is -2.31. The van der Waals surface area contributed by atoms with Crippen molar-refractivity contribution in [3.05, 3.63) is 83.0 Å². The van der Waals surface area contributed by atoms with E-state index < -0.39 is 6.04 Å². The van der Waals surface area contributed by atoms with Crippen molar-refractivity contribution in [1.29, 1.82) is 0 Å². The predicted molar refractivity (Wildman–Crippen MR) is 122 cm³/mol. The number of carbonyl (C=O) groups is 2. The molecule has 0 saturated carbocycles. The number of rotatable bonds is 9. The Balaban J connectivity index is 1.68. The van der Waals surface area contributed by atoms with Gasteiger partial charge in [0.1, 0.15) is 0 Å². The molecular weight excluding hydrogens is 414 g/mol. The fourth-order valence-corrected chi connectivity index (χ4v) is 3.28. The van der Waals surface area contributed by atoms with Crippen molar-refractivity contribution in [3.63, 3.8) is 0 Å². The van der Waals surface area contributed by atoms with Gasteiger partial charge < -0.3 is 15.5 Å². The smallest absolute Gasteiger partial charge is 0.253 e. The van der Waals surface area contributed by atoms with Crippen LogP contribution in [0.3, 0.4) is 0 Å². The predicted octanol–water partition coefficient (Wildman–Crippen LogP) is 3.60. The molecule has 7 nitrogen and oxygen atoms in total. The van der Waals surface area contributed by atoms with E-state index in [2.05, 4.69) is 20.6 Å². The highest BCUT2D eigenvalue weighted by atomic mass is 35.5. The van der Waals surface area contributed by atoms with Crippen LogP contribution in [0, 0.1) is 0 Å². The maximum atomic E-state index is 12.8. The Bertz CT molecular complexity index is 1020. The molecule has 2 aromatic carbocycles. The molecule has 8 heteroatoms. The Hall–Kier alpha value is -3.16. The van der Waals surface area contributed by atoms with E-state index in [0.29, 0.717) is 16.4 Å². The van der Waals surface area contributed by atoms with Crippen LogP contribution in [-0.4, -0.2) is 47.1 Å². The largest absolute Gasteiger partial charge is 0.345 e. The van der Waals surface area contributed by atoms with Gasteiger partial charge in [-0.2, -0.15) is 5.10 Å². The van der Waals surface area contributed by atoms with Crippen LogP contribution in [0.25, 0.3) is 0 Å². The topological polar surface area (TPSA) is 79.3 Å². The van der Waals surface area contributed by atoms with Crippen LogP contribution >= 0.6 is 11.6 Å². The first-order valence-corrected chi connectivity index (χ1v) is 10.4. The number of amides is 2. The van der Waals surface area contributed by atoms with Crippen LogP contribution in [0.2, 0.25) is 5.02 Å². The Morgan fingerprint density at radius 1 is 1.06 bits per heavy atom. The molecule has 1 atom stereocenters. The van der Waals surface area contributed by atoms with Crippen LogP contribution in [0.1, 0.15) is 28.4 Å². The molecule has 3 rings (SSSR count). The molecule has 0 aliphatic carbocycles. The Morgan fingerprint density at radius 3 is 2.48 bits per heavy atom. The van der Waals surface area contributed by atoms with E-state index in [9.17, 15) is 9.59 Å². The maximum absolute atomic E-state index is 12.8. The van der Waals surface area contributed by atoms with Crippen molar-refractivity contribution in [2.75, 3.05) is 26.0 Å². The zero-order valence-electron chi connectivity index (χ0n) is 17.6. The first-order valence-electron chi connectivity index (χ1n) is 10.0. The van der Waals surface area contributed by atoms with Gasteiger partial charge in [0.15, 0.2) is 5.82 Å². The Kier molecular flexibility index (Phi) is 7.81. The number of nitrogens with zero attached hydrogens (tertiary/aromatic N) is 3. The third-order valence-corrected chi connectivity index (χ3v) is 5.03. The zero-order valence-corrected chi connectivity index (χ0v) is 18.3. The van der Waals surface area contributed by atoms with Gasteiger partial charge in [-0.3, -0.25) is 14.3 Å². The standard InChI is InChI=1S/C23H26ClN5O2/c1-28(2)14-15-29-13-12-21(27-29)26-22(30)16-20(17-8-4-3-5-9-17)25-23(31)18-10-6-7-11-19(18)24/h3-13,20H,14-16H2,1-2H3,(H,25,31)(H,26,27,30)/t20-/m1/s1. The summed E-state index contributed by atoms with van der Waals surface area (Å²) in [5.41, 5.74) is 1.19. The summed E-state index contributed by atoms with van der Waals surface area (Å²) in [6.07, 6.45) is 1.89. The molecule has 0 aliphatic heterocycles. The quantitative estimate of drug-likeness (QED) is 0.534. The molecule has 3 aromatic rings. The Labute approximate surface area is 187 Å². The van der Waals surface area contributed by atoms with Crippen LogP contribution < -0.4 is 10.6 Å². The van der Waals surface area contributed by atoms with Crippen LogP contribution in [-0.2, 0) is 11.3 Å². The van der Waals surface area contributed by atoms with Gasteiger partial charge in [0.2, 0.25) is 5.91 Å². The van der Waals surface area contributed by atoms with Gasteiger partial charge in [0.05, 0.1) is 29.6 Å². The number of likely N-dealkylation sites (N-methyl/N-ethyl adjacent to an activating group) is 1. The first kappa shape index (κ1) is 22.5. The monoisotopic (exact) mass is 439 g/mol. The van der Waals surface area contributed by atoms with Crippen molar-refractivity contribution >= 4 is 29.2 Å². The van der Waals surface area contributed by atoms with Crippen molar-refractivity contribution < 1.29 is 9.59 Å². The highest BCUT2D eigenvalue weighted by Gasteiger charge is 2.21. The third-order valence-electron chi connectivity index (χ3n) is 4.70. The lowest BCUT2D eigenvalue weighted by Gasteiger charge is -2.19. The van der Waals surface area contributed by atoms with Crippen molar-refractivity contribution in [3.8, 4) is 0 Å².